The van der Waals surface area contributed by atoms with Gasteiger partial charge in [0.15, 0.2) is 0 Å². The Labute approximate surface area is 178 Å². The monoisotopic (exact) mass is 396 g/mol. The molecule has 152 valence electrons. The summed E-state index contributed by atoms with van der Waals surface area (Å²) in [7, 11) is 0. The molecule has 0 aliphatic heterocycles. The average molecular weight is 397 g/mol. The van der Waals surface area contributed by atoms with Crippen LogP contribution < -0.4 is 0 Å². The van der Waals surface area contributed by atoms with Crippen molar-refractivity contribution >= 4 is 32.3 Å². The third-order valence-electron chi connectivity index (χ3n) is 4.67. The van der Waals surface area contributed by atoms with Crippen LogP contribution in [0.3, 0.4) is 0 Å². The van der Waals surface area contributed by atoms with Crippen molar-refractivity contribution < 1.29 is 10.2 Å². The summed E-state index contributed by atoms with van der Waals surface area (Å²) in [5, 5.41) is 26.7. The van der Waals surface area contributed by atoms with Gasteiger partial charge in [-0.05, 0) is 72.1 Å². The van der Waals surface area contributed by atoms with Crippen LogP contribution in [0.15, 0.2) is 48.5 Å². The quantitative estimate of drug-likeness (QED) is 0.289. The van der Waals surface area contributed by atoms with Crippen LogP contribution in [-0.4, -0.2) is 21.4 Å². The third-order valence-corrected chi connectivity index (χ3v) is 4.67. The molecule has 0 fully saturated rings. The van der Waals surface area contributed by atoms with Crippen LogP contribution in [0.4, 0.5) is 0 Å². The van der Waals surface area contributed by atoms with Crippen molar-refractivity contribution in [1.29, 1.82) is 0 Å². The third kappa shape index (κ3) is 4.42. The Morgan fingerprint density at radius 2 is 0.900 bits per heavy atom. The Balaban J connectivity index is 0.00000124. The molecule has 0 aromatic heterocycles. The molecule has 0 atom stereocenters. The molecule has 0 amide bonds. The second-order valence-corrected chi connectivity index (χ2v) is 8.27. The highest BCUT2D eigenvalue weighted by Gasteiger charge is 2.13. The largest absolute Gasteiger partial charge is 0.378 e. The lowest BCUT2D eigenvalue weighted by molar-refractivity contribution is 0.143. The van der Waals surface area contributed by atoms with Gasteiger partial charge in [0.1, 0.15) is 11.2 Å². The summed E-state index contributed by atoms with van der Waals surface area (Å²) in [4.78, 5) is 0. The van der Waals surface area contributed by atoms with Gasteiger partial charge in [-0.3, -0.25) is 0 Å². The fourth-order valence-corrected chi connectivity index (χ4v) is 3.46. The molecule has 0 radical (unpaired) electrons. The van der Waals surface area contributed by atoms with Crippen LogP contribution in [0.5, 0.6) is 0 Å². The maximum Gasteiger partial charge on any atom is 0.120 e. The van der Waals surface area contributed by atoms with Gasteiger partial charge < -0.3 is 10.2 Å². The van der Waals surface area contributed by atoms with Gasteiger partial charge >= 0.3 is 0 Å². The number of aliphatic hydroxyl groups is 2. The fraction of sp³-hybridized carbons (Fsp3) is 0.286. The smallest absolute Gasteiger partial charge is 0.120 e. The van der Waals surface area contributed by atoms with E-state index >= 15 is 0 Å². The highest BCUT2D eigenvalue weighted by atomic mass is 16.3. The fourth-order valence-electron chi connectivity index (χ4n) is 3.46. The first kappa shape index (κ1) is 21.7. The predicted octanol–water partition coefficient (Wildman–Crippen LogP) is 5.86. The Hall–Kier alpha value is -3.04. The van der Waals surface area contributed by atoms with E-state index < -0.39 is 11.2 Å². The number of rotatable bonds is 0. The Morgan fingerprint density at radius 3 is 1.23 bits per heavy atom. The minimum absolute atomic E-state index is 0.900. The first-order valence-electron chi connectivity index (χ1n) is 10.3. The molecule has 0 bridgehead atoms. The van der Waals surface area contributed by atoms with Crippen molar-refractivity contribution in [2.75, 3.05) is 0 Å². The second kappa shape index (κ2) is 8.00. The van der Waals surface area contributed by atoms with Crippen LogP contribution >= 0.6 is 0 Å². The van der Waals surface area contributed by atoms with Gasteiger partial charge in [0.05, 0.1) is 0 Å². The molecule has 0 aliphatic carbocycles. The lowest BCUT2D eigenvalue weighted by atomic mass is 9.90. The van der Waals surface area contributed by atoms with E-state index in [1.165, 1.54) is 0 Å². The summed E-state index contributed by atoms with van der Waals surface area (Å²) < 4.78 is 0. The maximum absolute atomic E-state index is 9.97. The van der Waals surface area contributed by atoms with Gasteiger partial charge in [0.2, 0.25) is 0 Å². The van der Waals surface area contributed by atoms with Gasteiger partial charge in [0.25, 0.3) is 0 Å². The SMILES string of the molecule is CC.CC(C)(O)C#Cc1ccc2ccc3c(C#CC(C)(C)O)ccc4ccc1c2c43. The summed E-state index contributed by atoms with van der Waals surface area (Å²) >= 11 is 0. The van der Waals surface area contributed by atoms with Crippen LogP contribution in [0.1, 0.15) is 52.7 Å². The summed E-state index contributed by atoms with van der Waals surface area (Å²) in [5.74, 6) is 12.1. The highest BCUT2D eigenvalue weighted by molar-refractivity contribution is 6.24. The van der Waals surface area contributed by atoms with Crippen molar-refractivity contribution in [1.82, 2.24) is 0 Å². The zero-order chi connectivity index (χ0) is 22.1. The molecule has 2 nitrogen and oxygen atoms in total. The van der Waals surface area contributed by atoms with E-state index in [0.717, 1.165) is 43.4 Å². The molecule has 4 aromatic carbocycles. The van der Waals surface area contributed by atoms with Gasteiger partial charge in [-0.1, -0.05) is 73.9 Å². The molecule has 2 N–H and O–H groups in total. The molecule has 2 heteroatoms. The number of benzene rings is 4. The van der Waals surface area contributed by atoms with Crippen molar-refractivity contribution in [2.45, 2.75) is 52.7 Å². The minimum Gasteiger partial charge on any atom is -0.378 e. The summed E-state index contributed by atoms with van der Waals surface area (Å²) in [6.07, 6.45) is 0. The molecule has 0 aliphatic rings. The molecule has 0 saturated carbocycles. The molecule has 0 unspecified atom stereocenters. The minimum atomic E-state index is -1.04. The van der Waals surface area contributed by atoms with E-state index in [0.29, 0.717) is 0 Å². The molecular formula is C28H28O2. The summed E-state index contributed by atoms with van der Waals surface area (Å²) in [6, 6.07) is 16.6. The number of hydrogen-bond acceptors (Lipinski definition) is 2. The van der Waals surface area contributed by atoms with E-state index in [4.69, 9.17) is 0 Å². The van der Waals surface area contributed by atoms with Crippen molar-refractivity contribution in [3.63, 3.8) is 0 Å². The second-order valence-electron chi connectivity index (χ2n) is 8.27. The standard InChI is InChI=1S/C26H22O2.C2H6/c1-25(2,27)15-13-17-5-7-19-10-12-22-18(14-16-26(3,4)28)6-8-20-9-11-21(17)23(19)24(20)22;1-2/h5-12,27-28H,1-4H3;1-2H3. The molecule has 30 heavy (non-hydrogen) atoms. The lowest BCUT2D eigenvalue weighted by Crippen LogP contribution is -2.14. The van der Waals surface area contributed by atoms with E-state index in [9.17, 15) is 10.2 Å². The lowest BCUT2D eigenvalue weighted by Gasteiger charge is -2.13. The average Bonchev–Trinajstić information content (AvgIpc) is 2.70. The Bertz CT molecular complexity index is 1220. The van der Waals surface area contributed by atoms with Crippen molar-refractivity contribution in [2.24, 2.45) is 0 Å². The van der Waals surface area contributed by atoms with E-state index in [1.807, 2.05) is 26.0 Å². The Kier molecular flexibility index (Phi) is 5.78. The van der Waals surface area contributed by atoms with E-state index in [2.05, 4.69) is 60.1 Å². The highest BCUT2D eigenvalue weighted by Crippen LogP contribution is 2.37. The first-order chi connectivity index (χ1) is 14.1. The van der Waals surface area contributed by atoms with Crippen LogP contribution in [0.25, 0.3) is 32.3 Å². The number of hydrogen-bond donors (Lipinski definition) is 2. The van der Waals surface area contributed by atoms with Gasteiger partial charge in [-0.15, -0.1) is 0 Å². The van der Waals surface area contributed by atoms with Crippen LogP contribution in [-0.2, 0) is 0 Å². The molecule has 4 aromatic rings. The molecule has 0 spiro atoms. The molecule has 0 saturated heterocycles. The Morgan fingerprint density at radius 1 is 0.567 bits per heavy atom. The van der Waals surface area contributed by atoms with Crippen LogP contribution in [0.2, 0.25) is 0 Å². The first-order valence-corrected chi connectivity index (χ1v) is 10.3. The zero-order valence-electron chi connectivity index (χ0n) is 18.5. The van der Waals surface area contributed by atoms with Gasteiger partial charge in [-0.25, -0.2) is 0 Å². The molecule has 0 heterocycles. The molecular weight excluding hydrogens is 368 g/mol. The van der Waals surface area contributed by atoms with Crippen molar-refractivity contribution in [3.8, 4) is 23.7 Å². The molecule has 4 rings (SSSR count). The predicted molar refractivity (Wildman–Crippen MR) is 128 cm³/mol. The van der Waals surface area contributed by atoms with E-state index in [-0.39, 0.29) is 0 Å². The topological polar surface area (TPSA) is 40.5 Å². The van der Waals surface area contributed by atoms with E-state index in [1.54, 1.807) is 27.7 Å². The normalized spacial score (nSPS) is 11.5. The van der Waals surface area contributed by atoms with Gasteiger partial charge in [0, 0.05) is 11.1 Å². The summed E-state index contributed by atoms with van der Waals surface area (Å²) in [5.41, 5.74) is -0.276. The van der Waals surface area contributed by atoms with Crippen molar-refractivity contribution in [3.05, 3.63) is 59.7 Å². The maximum atomic E-state index is 9.97. The van der Waals surface area contributed by atoms with Crippen LogP contribution in [0, 0.1) is 23.7 Å². The zero-order valence-corrected chi connectivity index (χ0v) is 18.5. The van der Waals surface area contributed by atoms with Gasteiger partial charge in [-0.2, -0.15) is 0 Å². The summed E-state index contributed by atoms with van der Waals surface area (Å²) in [6.45, 7) is 10.7.